The summed E-state index contributed by atoms with van der Waals surface area (Å²) in [5.74, 6) is 0. The first-order valence-corrected chi connectivity index (χ1v) is 12.7. The second kappa shape index (κ2) is 9.13. The molecule has 0 fully saturated rings. The predicted octanol–water partition coefficient (Wildman–Crippen LogP) is 6.23. The Balaban J connectivity index is 1.44. The number of rotatable bonds is 4. The van der Waals surface area contributed by atoms with Gasteiger partial charge in [0.25, 0.3) is 0 Å². The summed E-state index contributed by atoms with van der Waals surface area (Å²) in [5.41, 5.74) is 10.3. The molecule has 7 aromatic rings. The third-order valence-corrected chi connectivity index (χ3v) is 7.02. The van der Waals surface area contributed by atoms with Crippen molar-refractivity contribution in [3.05, 3.63) is 128 Å². The largest absolute Gasteiger partial charge is 0.309 e. The fourth-order valence-corrected chi connectivity index (χ4v) is 5.29. The number of para-hydroxylation sites is 1. The molecule has 0 unspecified atom stereocenters. The fourth-order valence-electron chi connectivity index (χ4n) is 5.29. The Hall–Kier alpha value is -5.03. The van der Waals surface area contributed by atoms with E-state index in [1.807, 2.05) is 36.4 Å². The minimum absolute atomic E-state index is 0.821. The molecule has 0 saturated carbocycles. The molecule has 0 amide bonds. The maximum Gasteiger partial charge on any atom is 0.140 e. The van der Waals surface area contributed by atoms with Gasteiger partial charge in [-0.1, -0.05) is 60.1 Å². The zero-order chi connectivity index (χ0) is 25.5. The predicted molar refractivity (Wildman–Crippen MR) is 159 cm³/mol. The molecule has 38 heavy (non-hydrogen) atoms. The van der Waals surface area contributed by atoms with Gasteiger partial charge >= 0.3 is 0 Å². The van der Waals surface area contributed by atoms with Crippen LogP contribution in [0.1, 0.15) is 0 Å². The number of pyridine rings is 3. The first kappa shape index (κ1) is 22.2. The molecule has 0 radical (unpaired) electrons. The molecule has 0 spiro atoms. The van der Waals surface area contributed by atoms with Crippen LogP contribution in [0.15, 0.2) is 128 Å². The van der Waals surface area contributed by atoms with Crippen molar-refractivity contribution in [2.24, 2.45) is 0 Å². The molecule has 0 saturated heterocycles. The highest BCUT2D eigenvalue weighted by atomic mass is 15.0. The maximum absolute atomic E-state index is 4.93. The van der Waals surface area contributed by atoms with Gasteiger partial charge in [-0.05, 0) is 71.8 Å². The standard InChI is InChI=1S/C33H23BN4/c34-26-12-8-16-32-33(26)25-11-1-2-15-31(25)38(32)24-10-7-9-22(19-24)23-20-29(27-13-3-5-17-35-27)37-30(21-23)28-14-4-6-18-36-28/h1-21H,34H2. The van der Waals surface area contributed by atoms with Gasteiger partial charge in [-0.3, -0.25) is 9.97 Å². The molecule has 0 atom stereocenters. The Bertz CT molecular complexity index is 1870. The molecular formula is C33H23BN4. The summed E-state index contributed by atoms with van der Waals surface area (Å²) in [6, 6.07) is 39.9. The van der Waals surface area contributed by atoms with Crippen LogP contribution in [-0.4, -0.2) is 27.4 Å². The van der Waals surface area contributed by atoms with Crippen molar-refractivity contribution in [2.75, 3.05) is 0 Å². The first-order valence-electron chi connectivity index (χ1n) is 12.7. The minimum atomic E-state index is 0.821. The summed E-state index contributed by atoms with van der Waals surface area (Å²) >= 11 is 0. The van der Waals surface area contributed by atoms with Gasteiger partial charge < -0.3 is 4.57 Å². The third-order valence-electron chi connectivity index (χ3n) is 7.02. The number of nitrogens with zero attached hydrogens (tertiary/aromatic N) is 4. The maximum atomic E-state index is 4.93. The van der Waals surface area contributed by atoms with Crippen molar-refractivity contribution in [2.45, 2.75) is 0 Å². The first-order chi connectivity index (χ1) is 18.8. The second-order valence-electron chi connectivity index (χ2n) is 9.43. The van der Waals surface area contributed by atoms with Crippen LogP contribution in [0, 0.1) is 0 Å². The van der Waals surface area contributed by atoms with E-state index in [1.165, 1.54) is 27.3 Å². The van der Waals surface area contributed by atoms with E-state index >= 15 is 0 Å². The second-order valence-corrected chi connectivity index (χ2v) is 9.43. The van der Waals surface area contributed by atoms with E-state index in [0.717, 1.165) is 39.6 Å². The summed E-state index contributed by atoms with van der Waals surface area (Å²) in [4.78, 5) is 14.1. The van der Waals surface area contributed by atoms with E-state index in [1.54, 1.807) is 12.4 Å². The smallest absolute Gasteiger partial charge is 0.140 e. The molecule has 4 nitrogen and oxygen atoms in total. The quantitative estimate of drug-likeness (QED) is 0.277. The molecule has 0 aliphatic carbocycles. The molecule has 0 bridgehead atoms. The SMILES string of the molecule is Bc1cccc2c1c1ccccc1n2-c1cccc(-c2cc(-c3ccccn3)nc(-c3ccccn3)c2)c1. The topological polar surface area (TPSA) is 43.6 Å². The summed E-state index contributed by atoms with van der Waals surface area (Å²) in [6.07, 6.45) is 3.60. The van der Waals surface area contributed by atoms with Gasteiger partial charge in [0.2, 0.25) is 0 Å². The van der Waals surface area contributed by atoms with Gasteiger partial charge in [0.15, 0.2) is 0 Å². The van der Waals surface area contributed by atoms with Crippen molar-refractivity contribution < 1.29 is 0 Å². The Morgan fingerprint density at radius 2 is 1.18 bits per heavy atom. The van der Waals surface area contributed by atoms with Crippen LogP contribution >= 0.6 is 0 Å². The summed E-state index contributed by atoms with van der Waals surface area (Å²) < 4.78 is 2.36. The zero-order valence-corrected chi connectivity index (χ0v) is 20.9. The fraction of sp³-hybridized carbons (Fsp3) is 0. The number of hydrogen-bond donors (Lipinski definition) is 0. The number of aromatic nitrogens is 4. The van der Waals surface area contributed by atoms with E-state index in [4.69, 9.17) is 4.98 Å². The van der Waals surface area contributed by atoms with E-state index in [-0.39, 0.29) is 0 Å². The van der Waals surface area contributed by atoms with Crippen LogP contribution in [0.2, 0.25) is 0 Å². The average molecular weight is 486 g/mol. The minimum Gasteiger partial charge on any atom is -0.309 e. The lowest BCUT2D eigenvalue weighted by Crippen LogP contribution is -2.02. The van der Waals surface area contributed by atoms with Crippen molar-refractivity contribution >= 4 is 35.1 Å². The molecule has 178 valence electrons. The molecule has 4 heterocycles. The summed E-state index contributed by atoms with van der Waals surface area (Å²) in [5, 5.41) is 2.57. The Kier molecular flexibility index (Phi) is 5.33. The summed E-state index contributed by atoms with van der Waals surface area (Å²) in [6.45, 7) is 0. The number of hydrogen-bond acceptors (Lipinski definition) is 3. The molecule has 7 rings (SSSR count). The van der Waals surface area contributed by atoms with Crippen LogP contribution in [0.3, 0.4) is 0 Å². The van der Waals surface area contributed by atoms with Crippen molar-refractivity contribution in [3.8, 4) is 39.6 Å². The summed E-state index contributed by atoms with van der Waals surface area (Å²) in [7, 11) is 2.19. The Morgan fingerprint density at radius 1 is 0.526 bits per heavy atom. The highest BCUT2D eigenvalue weighted by Crippen LogP contribution is 2.34. The average Bonchev–Trinajstić information content (AvgIpc) is 3.33. The van der Waals surface area contributed by atoms with Crippen molar-refractivity contribution in [1.82, 2.24) is 19.5 Å². The van der Waals surface area contributed by atoms with Crippen LogP contribution in [0.25, 0.3) is 61.4 Å². The zero-order valence-electron chi connectivity index (χ0n) is 20.9. The van der Waals surface area contributed by atoms with E-state index in [2.05, 4.69) is 101 Å². The molecule has 5 heteroatoms. The van der Waals surface area contributed by atoms with Crippen LogP contribution < -0.4 is 5.46 Å². The van der Waals surface area contributed by atoms with Crippen molar-refractivity contribution in [3.63, 3.8) is 0 Å². The van der Waals surface area contributed by atoms with E-state index < -0.39 is 0 Å². The highest BCUT2D eigenvalue weighted by Gasteiger charge is 2.15. The Labute approximate surface area is 221 Å². The van der Waals surface area contributed by atoms with Crippen LogP contribution in [0.5, 0.6) is 0 Å². The lowest BCUT2D eigenvalue weighted by molar-refractivity contribution is 1.18. The van der Waals surface area contributed by atoms with Gasteiger partial charge in [-0.25, -0.2) is 4.98 Å². The van der Waals surface area contributed by atoms with Gasteiger partial charge in [0.1, 0.15) is 7.85 Å². The highest BCUT2D eigenvalue weighted by molar-refractivity contribution is 6.41. The number of fused-ring (bicyclic) bond motifs is 3. The van der Waals surface area contributed by atoms with E-state index in [9.17, 15) is 0 Å². The van der Waals surface area contributed by atoms with Crippen molar-refractivity contribution in [1.29, 1.82) is 0 Å². The lowest BCUT2D eigenvalue weighted by Gasteiger charge is -2.12. The van der Waals surface area contributed by atoms with Crippen LogP contribution in [0.4, 0.5) is 0 Å². The van der Waals surface area contributed by atoms with Gasteiger partial charge in [0, 0.05) is 28.9 Å². The molecule has 3 aromatic carbocycles. The number of benzene rings is 3. The lowest BCUT2D eigenvalue weighted by atomic mass is 9.91. The Morgan fingerprint density at radius 3 is 1.89 bits per heavy atom. The third kappa shape index (κ3) is 3.77. The molecule has 4 aromatic heterocycles. The van der Waals surface area contributed by atoms with E-state index in [0.29, 0.717) is 0 Å². The van der Waals surface area contributed by atoms with Gasteiger partial charge in [-0.15, -0.1) is 0 Å². The van der Waals surface area contributed by atoms with Gasteiger partial charge in [-0.2, -0.15) is 0 Å². The molecule has 0 aliphatic rings. The molecular weight excluding hydrogens is 463 g/mol. The molecule has 0 N–H and O–H groups in total. The van der Waals surface area contributed by atoms with Crippen LogP contribution in [-0.2, 0) is 0 Å². The normalized spacial score (nSPS) is 11.3. The molecule has 0 aliphatic heterocycles. The monoisotopic (exact) mass is 486 g/mol. The van der Waals surface area contributed by atoms with Gasteiger partial charge in [0.05, 0.1) is 33.8 Å².